The first-order chi connectivity index (χ1) is 17.6. The zero-order valence-corrected chi connectivity index (χ0v) is 20.9. The molecule has 1 unspecified atom stereocenters. The number of rotatable bonds is 8. The smallest absolute Gasteiger partial charge is 0.242 e. The predicted octanol–water partition coefficient (Wildman–Crippen LogP) is 6.68. The lowest BCUT2D eigenvalue weighted by Gasteiger charge is -2.18. The number of thioether (sulfide) groups is 1. The fourth-order valence-electron chi connectivity index (χ4n) is 4.14. The number of amides is 1. The molecule has 0 radical (unpaired) electrons. The van der Waals surface area contributed by atoms with Gasteiger partial charge in [0.25, 0.3) is 0 Å². The Balaban J connectivity index is 1.51. The highest BCUT2D eigenvalue weighted by Crippen LogP contribution is 2.37. The molecule has 7 heteroatoms. The van der Waals surface area contributed by atoms with E-state index in [-0.39, 0.29) is 5.91 Å². The number of carbonyl (C=O) groups is 1. The molecule has 0 bridgehead atoms. The van der Waals surface area contributed by atoms with Gasteiger partial charge in [0.2, 0.25) is 5.91 Å². The maximum absolute atomic E-state index is 13.6. The van der Waals surface area contributed by atoms with Crippen LogP contribution >= 0.6 is 11.8 Å². The number of hydrogen-bond donors (Lipinski definition) is 1. The predicted molar refractivity (Wildman–Crippen MR) is 143 cm³/mol. The van der Waals surface area contributed by atoms with Crippen molar-refractivity contribution in [3.63, 3.8) is 0 Å². The molecule has 0 saturated carbocycles. The van der Waals surface area contributed by atoms with Crippen LogP contribution in [0.2, 0.25) is 0 Å². The Bertz CT molecular complexity index is 1430. The molecule has 5 rings (SSSR count). The van der Waals surface area contributed by atoms with Crippen LogP contribution in [0.3, 0.4) is 0 Å². The fraction of sp³-hybridized carbons (Fsp3) is 0.138. The molecule has 36 heavy (non-hydrogen) atoms. The molecule has 0 saturated heterocycles. The number of anilines is 1. The molecule has 1 amide bonds. The first-order valence-electron chi connectivity index (χ1n) is 11.7. The van der Waals surface area contributed by atoms with E-state index in [1.54, 1.807) is 6.26 Å². The third-order valence-corrected chi connectivity index (χ3v) is 6.93. The van der Waals surface area contributed by atoms with Gasteiger partial charge in [-0.15, -0.1) is 10.2 Å². The largest absolute Gasteiger partial charge is 0.467 e. The summed E-state index contributed by atoms with van der Waals surface area (Å²) < 4.78 is 7.63. The zero-order chi connectivity index (χ0) is 24.9. The van der Waals surface area contributed by atoms with Crippen LogP contribution in [0.15, 0.2) is 107 Å². The Labute approximate surface area is 214 Å². The van der Waals surface area contributed by atoms with Crippen molar-refractivity contribution in [3.8, 4) is 11.4 Å². The van der Waals surface area contributed by atoms with Gasteiger partial charge in [0.1, 0.15) is 11.0 Å². The minimum absolute atomic E-state index is 0.120. The normalized spacial score (nSPS) is 11.8. The quantitative estimate of drug-likeness (QED) is 0.244. The van der Waals surface area contributed by atoms with Crippen LogP contribution in [0.25, 0.3) is 11.4 Å². The molecular weight excluding hydrogens is 468 g/mol. The highest BCUT2D eigenvalue weighted by molar-refractivity contribution is 8.00. The second-order valence-electron chi connectivity index (χ2n) is 8.61. The summed E-state index contributed by atoms with van der Waals surface area (Å²) in [6.07, 6.45) is 1.65. The number of nitrogens with zero attached hydrogens (tertiary/aromatic N) is 3. The summed E-state index contributed by atoms with van der Waals surface area (Å²) in [4.78, 5) is 13.6. The number of aryl methyl sites for hydroxylation is 2. The number of hydrogen-bond acceptors (Lipinski definition) is 5. The summed E-state index contributed by atoms with van der Waals surface area (Å²) in [5.41, 5.74) is 4.80. The number of carbonyl (C=O) groups excluding carboxylic acids is 1. The van der Waals surface area contributed by atoms with Crippen LogP contribution in [0, 0.1) is 13.8 Å². The van der Waals surface area contributed by atoms with Crippen LogP contribution in [-0.2, 0) is 11.3 Å². The lowest BCUT2D eigenvalue weighted by molar-refractivity contribution is -0.115. The van der Waals surface area contributed by atoms with E-state index in [0.717, 1.165) is 39.5 Å². The van der Waals surface area contributed by atoms with Crippen molar-refractivity contribution >= 4 is 23.4 Å². The van der Waals surface area contributed by atoms with Gasteiger partial charge in [0, 0.05) is 11.3 Å². The molecule has 5 aromatic rings. The van der Waals surface area contributed by atoms with Crippen molar-refractivity contribution in [1.82, 2.24) is 14.8 Å². The Morgan fingerprint density at radius 3 is 2.28 bits per heavy atom. The summed E-state index contributed by atoms with van der Waals surface area (Å²) in [6.45, 7) is 4.50. The minimum Gasteiger partial charge on any atom is -0.467 e. The van der Waals surface area contributed by atoms with Gasteiger partial charge in [-0.1, -0.05) is 78.5 Å². The summed E-state index contributed by atoms with van der Waals surface area (Å²) in [7, 11) is 0. The molecule has 0 aliphatic rings. The molecule has 0 aliphatic carbocycles. The molecule has 2 heterocycles. The average Bonchev–Trinajstić information content (AvgIpc) is 3.53. The van der Waals surface area contributed by atoms with Crippen molar-refractivity contribution < 1.29 is 9.21 Å². The number of benzene rings is 3. The third-order valence-electron chi connectivity index (χ3n) is 5.70. The first kappa shape index (κ1) is 23.6. The van der Waals surface area contributed by atoms with Gasteiger partial charge < -0.3 is 9.73 Å². The molecule has 3 aromatic carbocycles. The van der Waals surface area contributed by atoms with E-state index in [9.17, 15) is 4.79 Å². The van der Waals surface area contributed by atoms with Crippen molar-refractivity contribution in [2.45, 2.75) is 30.8 Å². The van der Waals surface area contributed by atoms with Crippen LogP contribution in [-0.4, -0.2) is 20.7 Å². The van der Waals surface area contributed by atoms with Gasteiger partial charge in [-0.05, 0) is 54.8 Å². The fourth-order valence-corrected chi connectivity index (χ4v) is 5.17. The number of nitrogens with one attached hydrogen (secondary N) is 1. The van der Waals surface area contributed by atoms with Gasteiger partial charge in [-0.3, -0.25) is 9.36 Å². The van der Waals surface area contributed by atoms with Crippen LogP contribution in [0.4, 0.5) is 5.69 Å². The molecule has 1 N–H and O–H groups in total. The van der Waals surface area contributed by atoms with Crippen molar-refractivity contribution in [1.29, 1.82) is 0 Å². The Morgan fingerprint density at radius 2 is 1.61 bits per heavy atom. The molecule has 2 aromatic heterocycles. The monoisotopic (exact) mass is 494 g/mol. The van der Waals surface area contributed by atoms with E-state index in [1.165, 1.54) is 11.8 Å². The van der Waals surface area contributed by atoms with E-state index in [0.29, 0.717) is 11.7 Å². The second-order valence-corrected chi connectivity index (χ2v) is 9.68. The first-order valence-corrected chi connectivity index (χ1v) is 12.6. The van der Waals surface area contributed by atoms with Crippen LogP contribution < -0.4 is 5.32 Å². The maximum Gasteiger partial charge on any atom is 0.242 e. The topological polar surface area (TPSA) is 73.0 Å². The van der Waals surface area contributed by atoms with E-state index in [1.807, 2.05) is 103 Å². The van der Waals surface area contributed by atoms with Crippen molar-refractivity contribution in [3.05, 3.63) is 120 Å². The lowest BCUT2D eigenvalue weighted by Crippen LogP contribution is -2.20. The van der Waals surface area contributed by atoms with Crippen molar-refractivity contribution in [2.24, 2.45) is 0 Å². The number of furan rings is 1. The van der Waals surface area contributed by atoms with Gasteiger partial charge in [-0.2, -0.15) is 0 Å². The Morgan fingerprint density at radius 1 is 0.917 bits per heavy atom. The second kappa shape index (κ2) is 10.7. The zero-order valence-electron chi connectivity index (χ0n) is 20.1. The van der Waals surface area contributed by atoms with E-state index < -0.39 is 5.25 Å². The summed E-state index contributed by atoms with van der Waals surface area (Å²) in [5, 5.41) is 12.2. The standard InChI is InChI=1S/C29H26N4O2S/c1-20-16-21(2)18-24(17-20)30-28(34)26(22-10-5-3-6-11-22)36-29-32-31-27(23-12-7-4-8-13-23)33(29)19-25-14-9-15-35-25/h3-18,26H,19H2,1-2H3,(H,30,34). The SMILES string of the molecule is Cc1cc(C)cc(NC(=O)C(Sc2nnc(-c3ccccc3)n2Cc2ccco2)c2ccccc2)c1. The highest BCUT2D eigenvalue weighted by Gasteiger charge is 2.26. The van der Waals surface area contributed by atoms with Crippen LogP contribution in [0.5, 0.6) is 0 Å². The maximum atomic E-state index is 13.6. The van der Waals surface area contributed by atoms with Crippen LogP contribution in [0.1, 0.15) is 27.7 Å². The van der Waals surface area contributed by atoms with Gasteiger partial charge in [0.15, 0.2) is 11.0 Å². The molecule has 180 valence electrons. The lowest BCUT2D eigenvalue weighted by atomic mass is 10.1. The minimum atomic E-state index is -0.532. The van der Waals surface area contributed by atoms with Gasteiger partial charge in [0.05, 0.1) is 12.8 Å². The summed E-state index contributed by atoms with van der Waals surface area (Å²) in [5.74, 6) is 1.38. The highest BCUT2D eigenvalue weighted by atomic mass is 32.2. The molecular formula is C29H26N4O2S. The average molecular weight is 495 g/mol. The summed E-state index contributed by atoms with van der Waals surface area (Å²) >= 11 is 1.38. The van der Waals surface area contributed by atoms with Gasteiger partial charge in [-0.25, -0.2) is 0 Å². The van der Waals surface area contributed by atoms with E-state index in [2.05, 4.69) is 21.6 Å². The van der Waals surface area contributed by atoms with Crippen molar-refractivity contribution in [2.75, 3.05) is 5.32 Å². The Hall–Kier alpha value is -4.10. The number of aromatic nitrogens is 3. The van der Waals surface area contributed by atoms with E-state index in [4.69, 9.17) is 4.42 Å². The molecule has 0 aliphatic heterocycles. The van der Waals surface area contributed by atoms with E-state index >= 15 is 0 Å². The molecule has 0 fully saturated rings. The third kappa shape index (κ3) is 5.42. The molecule has 0 spiro atoms. The molecule has 1 atom stereocenters. The molecule has 6 nitrogen and oxygen atoms in total. The van der Waals surface area contributed by atoms with Gasteiger partial charge >= 0.3 is 0 Å². The Kier molecular flexibility index (Phi) is 7.00. The summed E-state index contributed by atoms with van der Waals surface area (Å²) in [6, 6.07) is 29.5.